The van der Waals surface area contributed by atoms with Gasteiger partial charge in [-0.1, -0.05) is 23.2 Å². The molecule has 0 unspecified atom stereocenters. The Bertz CT molecular complexity index is 1330. The molecule has 8 heteroatoms. The third-order valence-electron chi connectivity index (χ3n) is 5.14. The molecule has 158 valence electrons. The topological polar surface area (TPSA) is 99.8 Å². The predicted octanol–water partition coefficient (Wildman–Crippen LogP) is 2.15. The van der Waals surface area contributed by atoms with Crippen molar-refractivity contribution in [3.05, 3.63) is 76.2 Å². The Morgan fingerprint density at radius 3 is 2.68 bits per heavy atom. The summed E-state index contributed by atoms with van der Waals surface area (Å²) in [5, 5.41) is 0.302. The summed E-state index contributed by atoms with van der Waals surface area (Å²) >= 11 is 0. The summed E-state index contributed by atoms with van der Waals surface area (Å²) in [5.41, 5.74) is 8.24. The summed E-state index contributed by atoms with van der Waals surface area (Å²) in [6.45, 7) is 2.35. The van der Waals surface area contributed by atoms with Gasteiger partial charge in [0.1, 0.15) is 16.7 Å². The van der Waals surface area contributed by atoms with E-state index in [0.717, 1.165) is 11.3 Å². The van der Waals surface area contributed by atoms with Crippen LogP contribution in [0.15, 0.2) is 59.5 Å². The molecular formula is C23H23N4O4+. The molecule has 3 heterocycles. The van der Waals surface area contributed by atoms with Crippen molar-refractivity contribution in [1.82, 2.24) is 9.38 Å². The van der Waals surface area contributed by atoms with Gasteiger partial charge in [0, 0.05) is 12.6 Å². The minimum atomic E-state index is -0.572. The third kappa shape index (κ3) is 3.79. The lowest BCUT2D eigenvalue weighted by Crippen LogP contribution is -2.42. The van der Waals surface area contributed by atoms with Gasteiger partial charge in [0.25, 0.3) is 11.2 Å². The zero-order valence-electron chi connectivity index (χ0n) is 17.4. The number of ether oxygens (including phenoxy) is 2. The Morgan fingerprint density at radius 1 is 1.19 bits per heavy atom. The van der Waals surface area contributed by atoms with Crippen molar-refractivity contribution in [2.75, 3.05) is 19.5 Å². The molecule has 0 spiro atoms. The van der Waals surface area contributed by atoms with Crippen molar-refractivity contribution in [3.8, 4) is 5.75 Å². The van der Waals surface area contributed by atoms with E-state index >= 15 is 0 Å². The maximum atomic E-state index is 13.1. The van der Waals surface area contributed by atoms with E-state index in [1.165, 1.54) is 10.5 Å². The van der Waals surface area contributed by atoms with Crippen molar-refractivity contribution < 1.29 is 18.8 Å². The third-order valence-corrected chi connectivity index (χ3v) is 5.14. The quantitative estimate of drug-likeness (QED) is 0.292. The molecule has 0 saturated carbocycles. The number of aromatic nitrogens is 3. The second-order valence-electron chi connectivity index (χ2n) is 7.00. The summed E-state index contributed by atoms with van der Waals surface area (Å²) in [6.07, 6.45) is 2.27. The molecule has 1 aromatic carbocycles. The molecule has 31 heavy (non-hydrogen) atoms. The number of nitrogens with zero attached hydrogens (tertiary/aromatic N) is 3. The molecule has 0 radical (unpaired) electrons. The minimum Gasteiger partial charge on any atom is -0.497 e. The molecule has 4 rings (SSSR count). The van der Waals surface area contributed by atoms with Crippen LogP contribution in [0.5, 0.6) is 5.75 Å². The number of aryl methyl sites for hydroxylation is 2. The lowest BCUT2D eigenvalue weighted by Gasteiger charge is -2.12. The highest BCUT2D eigenvalue weighted by Crippen LogP contribution is 2.17. The van der Waals surface area contributed by atoms with Gasteiger partial charge in [-0.3, -0.25) is 9.20 Å². The summed E-state index contributed by atoms with van der Waals surface area (Å²) in [6, 6.07) is 14.5. The number of hydrogen-bond acceptors (Lipinski definition) is 6. The molecule has 0 amide bonds. The molecule has 0 aliphatic heterocycles. The van der Waals surface area contributed by atoms with Crippen LogP contribution in [-0.4, -0.2) is 29.1 Å². The lowest BCUT2D eigenvalue weighted by atomic mass is 10.1. The van der Waals surface area contributed by atoms with Gasteiger partial charge in [0.15, 0.2) is 0 Å². The van der Waals surface area contributed by atoms with Crippen LogP contribution in [0.3, 0.4) is 0 Å². The average molecular weight is 419 g/mol. The van der Waals surface area contributed by atoms with Crippen LogP contribution in [0.2, 0.25) is 0 Å². The lowest BCUT2D eigenvalue weighted by molar-refractivity contribution is -0.658. The number of pyridine rings is 2. The van der Waals surface area contributed by atoms with E-state index in [2.05, 4.69) is 4.98 Å². The monoisotopic (exact) mass is 419 g/mol. The van der Waals surface area contributed by atoms with Gasteiger partial charge < -0.3 is 15.2 Å². The van der Waals surface area contributed by atoms with Crippen LogP contribution in [0.1, 0.15) is 22.8 Å². The Balaban J connectivity index is 1.88. The number of carbonyl (C=O) groups excluding carboxylic acids is 1. The summed E-state index contributed by atoms with van der Waals surface area (Å²) in [5.74, 6) is 0.413. The molecule has 4 aromatic rings. The molecule has 2 N–H and O–H groups in total. The van der Waals surface area contributed by atoms with Gasteiger partial charge in [0.05, 0.1) is 20.3 Å². The van der Waals surface area contributed by atoms with E-state index in [9.17, 15) is 9.59 Å². The number of esters is 1. The highest BCUT2D eigenvalue weighted by Gasteiger charge is 2.25. The van der Waals surface area contributed by atoms with Gasteiger partial charge in [-0.2, -0.15) is 0 Å². The summed E-state index contributed by atoms with van der Waals surface area (Å²) in [7, 11) is 1.62. The number of nitrogens with two attached hydrogens (primary N) is 1. The number of fused-ring (bicyclic) bond motifs is 2. The standard InChI is InChI=1S/C23H22N4O4/c1-3-31-23(29)17-14-18-21(25-19-6-4-5-12-26(19)22(18)28)27(20(17)24)13-11-15-7-9-16(30-2)10-8-15/h4-10,12,14,24H,3,11,13H2,1-2H3/p+1. The van der Waals surface area contributed by atoms with E-state index in [-0.39, 0.29) is 23.5 Å². The summed E-state index contributed by atoms with van der Waals surface area (Å²) in [4.78, 5) is 30.3. The van der Waals surface area contributed by atoms with E-state index in [1.54, 1.807) is 36.9 Å². The van der Waals surface area contributed by atoms with E-state index < -0.39 is 5.97 Å². The van der Waals surface area contributed by atoms with Crippen molar-refractivity contribution in [2.45, 2.75) is 19.9 Å². The zero-order chi connectivity index (χ0) is 22.0. The normalized spacial score (nSPS) is 11.0. The van der Waals surface area contributed by atoms with Crippen LogP contribution < -0.4 is 20.6 Å². The fraction of sp³-hybridized carbons (Fsp3) is 0.217. The molecule has 0 aliphatic carbocycles. The van der Waals surface area contributed by atoms with Crippen molar-refractivity contribution in [1.29, 1.82) is 0 Å². The first-order valence-electron chi connectivity index (χ1n) is 9.97. The van der Waals surface area contributed by atoms with E-state index in [4.69, 9.17) is 15.2 Å². The maximum absolute atomic E-state index is 13.1. The number of benzene rings is 1. The Kier molecular flexibility index (Phi) is 5.53. The average Bonchev–Trinajstić information content (AvgIpc) is 2.79. The number of carbonyl (C=O) groups is 1. The van der Waals surface area contributed by atoms with Gasteiger partial charge in [0.2, 0.25) is 11.5 Å². The van der Waals surface area contributed by atoms with E-state index in [1.807, 2.05) is 30.3 Å². The number of hydrogen-bond donors (Lipinski definition) is 1. The van der Waals surface area contributed by atoms with Crippen LogP contribution >= 0.6 is 0 Å². The SMILES string of the molecule is CCOC(=O)c1cc2c(=O)n3ccccc3nc2[n+](CCc2ccc(OC)cc2)c1N. The Morgan fingerprint density at radius 2 is 1.97 bits per heavy atom. The number of anilines is 1. The fourth-order valence-electron chi connectivity index (χ4n) is 3.53. The Labute approximate surface area is 178 Å². The van der Waals surface area contributed by atoms with Gasteiger partial charge in [-0.15, -0.1) is 0 Å². The van der Waals surface area contributed by atoms with E-state index in [0.29, 0.717) is 29.6 Å². The molecule has 0 aliphatic rings. The first kappa shape index (κ1) is 20.3. The first-order valence-corrected chi connectivity index (χ1v) is 9.97. The van der Waals surface area contributed by atoms with Gasteiger partial charge in [-0.05, 0) is 42.8 Å². The number of nitrogen functional groups attached to an aromatic ring is 1. The number of rotatable bonds is 6. The molecule has 8 nitrogen and oxygen atoms in total. The predicted molar refractivity (Wildman–Crippen MR) is 116 cm³/mol. The van der Waals surface area contributed by atoms with Gasteiger partial charge in [-0.25, -0.2) is 9.36 Å². The Hall–Kier alpha value is -3.94. The fourth-order valence-corrected chi connectivity index (χ4v) is 3.53. The first-order chi connectivity index (χ1) is 15.0. The van der Waals surface area contributed by atoms with Crippen LogP contribution in [0, 0.1) is 0 Å². The van der Waals surface area contributed by atoms with Crippen molar-refractivity contribution >= 4 is 28.5 Å². The van der Waals surface area contributed by atoms with Crippen LogP contribution in [0.4, 0.5) is 5.82 Å². The molecule has 0 atom stereocenters. The highest BCUT2D eigenvalue weighted by atomic mass is 16.5. The minimum absolute atomic E-state index is 0.152. The molecule has 3 aromatic heterocycles. The highest BCUT2D eigenvalue weighted by molar-refractivity contribution is 5.96. The molecule has 0 bridgehead atoms. The second kappa shape index (κ2) is 8.43. The largest absolute Gasteiger partial charge is 0.497 e. The maximum Gasteiger partial charge on any atom is 0.344 e. The molecular weight excluding hydrogens is 396 g/mol. The smallest absolute Gasteiger partial charge is 0.344 e. The van der Waals surface area contributed by atoms with Crippen LogP contribution in [0.25, 0.3) is 16.7 Å². The van der Waals surface area contributed by atoms with Crippen LogP contribution in [-0.2, 0) is 17.7 Å². The van der Waals surface area contributed by atoms with Crippen molar-refractivity contribution in [3.63, 3.8) is 0 Å². The molecule has 0 fully saturated rings. The van der Waals surface area contributed by atoms with Gasteiger partial charge >= 0.3 is 5.97 Å². The number of methoxy groups -OCH3 is 1. The van der Waals surface area contributed by atoms with Crippen molar-refractivity contribution in [2.24, 2.45) is 0 Å². The summed E-state index contributed by atoms with van der Waals surface area (Å²) < 4.78 is 13.5. The zero-order valence-corrected chi connectivity index (χ0v) is 17.4. The second-order valence-corrected chi connectivity index (χ2v) is 7.00. The molecule has 0 saturated heterocycles.